The number of nitrogens with one attached hydrogen (secondary N) is 2. The molecule has 0 saturated heterocycles. The van der Waals surface area contributed by atoms with Crippen LogP contribution < -0.4 is 10.6 Å². The van der Waals surface area contributed by atoms with Gasteiger partial charge in [-0.2, -0.15) is 5.10 Å². The number of amides is 2. The van der Waals surface area contributed by atoms with Gasteiger partial charge in [-0.25, -0.2) is 14.8 Å². The molecule has 0 radical (unpaired) electrons. The van der Waals surface area contributed by atoms with Crippen molar-refractivity contribution in [3.63, 3.8) is 0 Å². The van der Waals surface area contributed by atoms with Crippen LogP contribution in [0, 0.1) is 0 Å². The van der Waals surface area contributed by atoms with Crippen molar-refractivity contribution in [2.75, 3.05) is 10.6 Å². The first-order valence-corrected chi connectivity index (χ1v) is 6.56. The van der Waals surface area contributed by atoms with E-state index in [-0.39, 0.29) is 0 Å². The number of nitrogens with zero attached hydrogens (tertiary/aromatic N) is 5. The lowest BCUT2D eigenvalue weighted by Crippen LogP contribution is -2.20. The first-order chi connectivity index (χ1) is 10.8. The zero-order valence-electron chi connectivity index (χ0n) is 11.5. The summed E-state index contributed by atoms with van der Waals surface area (Å²) in [4.78, 5) is 23.5. The van der Waals surface area contributed by atoms with Crippen LogP contribution in [0.2, 0.25) is 0 Å². The van der Waals surface area contributed by atoms with E-state index in [1.807, 2.05) is 12.1 Å². The van der Waals surface area contributed by atoms with Gasteiger partial charge in [0, 0.05) is 30.9 Å². The standard InChI is InChI=1S/C14H13N7O/c22-14(18-12-3-7-16-10-17-12)19-13-4-8-21(20-13)9-11-1-5-15-6-2-11/h1-8,10H,9H2,(H2,16,17,18,19,20,22). The first kappa shape index (κ1) is 13.7. The molecule has 3 aromatic rings. The number of anilines is 2. The maximum atomic E-state index is 11.8. The second-order valence-electron chi connectivity index (χ2n) is 4.43. The number of hydrogen-bond donors (Lipinski definition) is 2. The molecule has 0 aliphatic rings. The van der Waals surface area contributed by atoms with Crippen LogP contribution in [-0.2, 0) is 6.54 Å². The molecular formula is C14H13N7O. The van der Waals surface area contributed by atoms with Gasteiger partial charge in [0.05, 0.1) is 6.54 Å². The molecule has 0 spiro atoms. The average Bonchev–Trinajstić information content (AvgIpc) is 2.96. The van der Waals surface area contributed by atoms with Crippen LogP contribution in [0.4, 0.5) is 16.4 Å². The van der Waals surface area contributed by atoms with Crippen molar-refractivity contribution in [1.82, 2.24) is 24.7 Å². The minimum absolute atomic E-state index is 0.409. The minimum Gasteiger partial charge on any atom is -0.292 e. The van der Waals surface area contributed by atoms with Gasteiger partial charge >= 0.3 is 6.03 Å². The van der Waals surface area contributed by atoms with E-state index < -0.39 is 6.03 Å². The fourth-order valence-electron chi connectivity index (χ4n) is 1.82. The number of aromatic nitrogens is 5. The normalized spacial score (nSPS) is 10.2. The van der Waals surface area contributed by atoms with Crippen molar-refractivity contribution in [3.05, 3.63) is 60.9 Å². The van der Waals surface area contributed by atoms with E-state index in [0.717, 1.165) is 5.56 Å². The Balaban J connectivity index is 1.58. The summed E-state index contributed by atoms with van der Waals surface area (Å²) in [5.41, 5.74) is 1.08. The van der Waals surface area contributed by atoms with Gasteiger partial charge < -0.3 is 0 Å². The zero-order valence-corrected chi connectivity index (χ0v) is 11.5. The molecule has 110 valence electrons. The molecule has 0 saturated carbocycles. The lowest BCUT2D eigenvalue weighted by molar-refractivity contribution is 0.262. The number of pyridine rings is 1. The van der Waals surface area contributed by atoms with Gasteiger partial charge in [0.25, 0.3) is 0 Å². The molecule has 0 fully saturated rings. The van der Waals surface area contributed by atoms with Crippen molar-refractivity contribution in [1.29, 1.82) is 0 Å². The summed E-state index contributed by atoms with van der Waals surface area (Å²) in [6.07, 6.45) is 8.16. The van der Waals surface area contributed by atoms with Gasteiger partial charge in [0.15, 0.2) is 5.82 Å². The highest BCUT2D eigenvalue weighted by atomic mass is 16.2. The molecule has 0 atom stereocenters. The van der Waals surface area contributed by atoms with E-state index in [9.17, 15) is 4.79 Å². The van der Waals surface area contributed by atoms with Gasteiger partial charge in [-0.05, 0) is 23.8 Å². The van der Waals surface area contributed by atoms with Crippen LogP contribution in [-0.4, -0.2) is 30.8 Å². The Morgan fingerprint density at radius 3 is 2.55 bits per heavy atom. The van der Waals surface area contributed by atoms with Crippen LogP contribution in [0.5, 0.6) is 0 Å². The number of urea groups is 1. The van der Waals surface area contributed by atoms with E-state index in [0.29, 0.717) is 18.2 Å². The summed E-state index contributed by atoms with van der Waals surface area (Å²) in [7, 11) is 0. The Labute approximate surface area is 126 Å². The van der Waals surface area contributed by atoms with Crippen LogP contribution in [0.3, 0.4) is 0 Å². The highest BCUT2D eigenvalue weighted by Gasteiger charge is 2.06. The van der Waals surface area contributed by atoms with Crippen LogP contribution in [0.15, 0.2) is 55.4 Å². The lowest BCUT2D eigenvalue weighted by atomic mass is 10.3. The number of carbonyl (C=O) groups is 1. The second-order valence-corrected chi connectivity index (χ2v) is 4.43. The molecule has 0 aliphatic heterocycles. The Bertz CT molecular complexity index is 742. The maximum absolute atomic E-state index is 11.8. The summed E-state index contributed by atoms with van der Waals surface area (Å²) in [6.45, 7) is 0.609. The summed E-state index contributed by atoms with van der Waals surface area (Å²) in [5.74, 6) is 0.879. The summed E-state index contributed by atoms with van der Waals surface area (Å²) in [5, 5.41) is 9.51. The van der Waals surface area contributed by atoms with Crippen molar-refractivity contribution >= 4 is 17.7 Å². The van der Waals surface area contributed by atoms with Crippen molar-refractivity contribution in [2.24, 2.45) is 0 Å². The van der Waals surface area contributed by atoms with Gasteiger partial charge in [-0.15, -0.1) is 0 Å². The molecule has 22 heavy (non-hydrogen) atoms. The van der Waals surface area contributed by atoms with Gasteiger partial charge in [0.1, 0.15) is 12.1 Å². The molecule has 8 heteroatoms. The largest absolute Gasteiger partial charge is 0.326 e. The quantitative estimate of drug-likeness (QED) is 0.764. The Hall–Kier alpha value is -3.29. The number of rotatable bonds is 4. The predicted octanol–water partition coefficient (Wildman–Crippen LogP) is 1.76. The highest BCUT2D eigenvalue weighted by Crippen LogP contribution is 2.07. The Morgan fingerprint density at radius 1 is 1.00 bits per heavy atom. The first-order valence-electron chi connectivity index (χ1n) is 6.56. The molecule has 3 heterocycles. The van der Waals surface area contributed by atoms with E-state index in [1.54, 1.807) is 41.6 Å². The van der Waals surface area contributed by atoms with Crippen molar-refractivity contribution < 1.29 is 4.79 Å². The fourth-order valence-corrected chi connectivity index (χ4v) is 1.82. The van der Waals surface area contributed by atoms with Gasteiger partial charge in [0.2, 0.25) is 0 Å². The fraction of sp³-hybridized carbons (Fsp3) is 0.0714. The smallest absolute Gasteiger partial charge is 0.292 e. The van der Waals surface area contributed by atoms with Gasteiger partial charge in [-0.1, -0.05) is 0 Å². The van der Waals surface area contributed by atoms with Gasteiger partial charge in [-0.3, -0.25) is 20.3 Å². The predicted molar refractivity (Wildman–Crippen MR) is 80.2 cm³/mol. The second kappa shape index (κ2) is 6.44. The molecular weight excluding hydrogens is 282 g/mol. The third-order valence-corrected chi connectivity index (χ3v) is 2.80. The molecule has 0 aliphatic carbocycles. The molecule has 2 amide bonds. The van der Waals surface area contributed by atoms with Crippen LogP contribution >= 0.6 is 0 Å². The molecule has 0 unspecified atom stereocenters. The molecule has 2 N–H and O–H groups in total. The number of hydrogen-bond acceptors (Lipinski definition) is 5. The van der Waals surface area contributed by atoms with E-state index in [4.69, 9.17) is 0 Å². The van der Waals surface area contributed by atoms with Crippen LogP contribution in [0.25, 0.3) is 0 Å². The molecule has 0 bridgehead atoms. The minimum atomic E-state index is -0.409. The SMILES string of the molecule is O=C(Nc1ccncn1)Nc1ccn(Cc2ccncc2)n1. The third kappa shape index (κ3) is 3.63. The molecule has 3 rings (SSSR count). The van der Waals surface area contributed by atoms with Crippen molar-refractivity contribution in [3.8, 4) is 0 Å². The maximum Gasteiger partial charge on any atom is 0.326 e. The van der Waals surface area contributed by atoms with Crippen molar-refractivity contribution in [2.45, 2.75) is 6.54 Å². The lowest BCUT2D eigenvalue weighted by Gasteiger charge is -2.04. The number of carbonyl (C=O) groups excluding carboxylic acids is 1. The highest BCUT2D eigenvalue weighted by molar-refractivity contribution is 5.98. The molecule has 8 nitrogen and oxygen atoms in total. The molecule has 0 aromatic carbocycles. The third-order valence-electron chi connectivity index (χ3n) is 2.80. The Morgan fingerprint density at radius 2 is 1.77 bits per heavy atom. The van der Waals surface area contributed by atoms with E-state index in [2.05, 4.69) is 30.7 Å². The molecule has 3 aromatic heterocycles. The summed E-state index contributed by atoms with van der Waals surface area (Å²) < 4.78 is 1.73. The van der Waals surface area contributed by atoms with E-state index in [1.165, 1.54) is 6.33 Å². The summed E-state index contributed by atoms with van der Waals surface area (Å²) >= 11 is 0. The summed E-state index contributed by atoms with van der Waals surface area (Å²) in [6, 6.07) is 6.74. The topological polar surface area (TPSA) is 97.6 Å². The average molecular weight is 295 g/mol. The van der Waals surface area contributed by atoms with Crippen LogP contribution in [0.1, 0.15) is 5.56 Å². The van der Waals surface area contributed by atoms with E-state index >= 15 is 0 Å². The monoisotopic (exact) mass is 295 g/mol. The Kier molecular flexibility index (Phi) is 4.01. The zero-order chi connectivity index (χ0) is 15.2.